The first kappa shape index (κ1) is 35.6. The summed E-state index contributed by atoms with van der Waals surface area (Å²) in [6.45, 7) is 10.8. The van der Waals surface area contributed by atoms with Gasteiger partial charge in [-0.25, -0.2) is 0 Å². The minimum Gasteiger partial charge on any atom is -0.497 e. The Kier molecular flexibility index (Phi) is 11.4. The Bertz CT molecular complexity index is 1780. The van der Waals surface area contributed by atoms with Crippen molar-refractivity contribution in [3.8, 4) is 23.0 Å². The van der Waals surface area contributed by atoms with Crippen LogP contribution in [0.15, 0.2) is 72.8 Å². The number of aliphatic hydroxyl groups excluding tert-OH is 1. The van der Waals surface area contributed by atoms with Gasteiger partial charge < -0.3 is 24.1 Å². The molecule has 5 rings (SSSR count). The highest BCUT2D eigenvalue weighted by atomic mass is 16.5. The second kappa shape index (κ2) is 15.7. The van der Waals surface area contributed by atoms with Crippen LogP contribution in [0.3, 0.4) is 0 Å². The van der Waals surface area contributed by atoms with E-state index >= 15 is 0 Å². The van der Waals surface area contributed by atoms with Crippen molar-refractivity contribution in [1.29, 1.82) is 0 Å². The molecule has 0 unspecified atom stereocenters. The topological polar surface area (TPSA) is 57.2 Å². The van der Waals surface area contributed by atoms with E-state index in [1.807, 2.05) is 24.3 Å². The molecule has 0 atom stereocenters. The fraction of sp³-hybridized carbons (Fsp3) is 0.318. The summed E-state index contributed by atoms with van der Waals surface area (Å²) in [6.07, 6.45) is 2.99. The molecule has 0 heterocycles. The van der Waals surface area contributed by atoms with Gasteiger partial charge in [0.05, 0.1) is 35.0 Å². The van der Waals surface area contributed by atoms with E-state index in [4.69, 9.17) is 18.9 Å². The van der Waals surface area contributed by atoms with E-state index in [0.29, 0.717) is 0 Å². The van der Waals surface area contributed by atoms with E-state index in [1.165, 1.54) is 55.6 Å². The molecule has 0 aliphatic heterocycles. The van der Waals surface area contributed by atoms with Crippen molar-refractivity contribution < 1.29 is 24.1 Å². The van der Waals surface area contributed by atoms with Crippen LogP contribution in [0.5, 0.6) is 23.0 Å². The number of methoxy groups -OCH3 is 4. The Morgan fingerprint density at radius 2 is 0.898 bits per heavy atom. The maximum absolute atomic E-state index is 10.4. The molecular formula is C44H50O5. The molecule has 256 valence electrons. The van der Waals surface area contributed by atoms with Gasteiger partial charge in [0.1, 0.15) is 23.0 Å². The zero-order chi connectivity index (χ0) is 35.2. The van der Waals surface area contributed by atoms with Crippen molar-refractivity contribution in [2.45, 2.75) is 66.9 Å². The summed E-state index contributed by atoms with van der Waals surface area (Å²) in [5.74, 6) is 3.55. The number of aliphatic hydroxyl groups is 1. The number of ether oxygens (including phenoxy) is 4. The molecule has 0 amide bonds. The second-order valence-corrected chi connectivity index (χ2v) is 13.1. The molecule has 0 radical (unpaired) electrons. The molecule has 0 spiro atoms. The first-order valence-corrected chi connectivity index (χ1v) is 16.9. The van der Waals surface area contributed by atoms with Gasteiger partial charge in [0.15, 0.2) is 0 Å². The summed E-state index contributed by atoms with van der Waals surface area (Å²) < 4.78 is 22.9. The molecule has 0 aliphatic rings. The molecule has 5 heteroatoms. The molecule has 49 heavy (non-hydrogen) atoms. The van der Waals surface area contributed by atoms with Gasteiger partial charge in [-0.3, -0.25) is 0 Å². The molecule has 5 aromatic rings. The van der Waals surface area contributed by atoms with Crippen LogP contribution < -0.4 is 18.9 Å². The van der Waals surface area contributed by atoms with E-state index in [1.54, 1.807) is 28.4 Å². The normalized spacial score (nSPS) is 11.1. The summed E-state index contributed by atoms with van der Waals surface area (Å²) in [4.78, 5) is 0. The fourth-order valence-electron chi connectivity index (χ4n) is 7.23. The van der Waals surface area contributed by atoms with Crippen molar-refractivity contribution in [3.05, 3.63) is 151 Å². The lowest BCUT2D eigenvalue weighted by atomic mass is 9.86. The van der Waals surface area contributed by atoms with Crippen molar-refractivity contribution in [2.24, 2.45) is 0 Å². The van der Waals surface area contributed by atoms with Gasteiger partial charge in [-0.1, -0.05) is 54.1 Å². The standard InChI is InChI=1S/C44H50O5/c1-27-18-36(24-34-20-28(2)42(26-45)40(30(34)4)22-32-10-14-38(46-6)15-11-32)44(49-9)37(19-27)25-35-21-29(3)43(48-8)41(31(35)5)23-33-12-16-39(47-7)17-13-33/h10-21,45H,22-26H2,1-9H3. The molecule has 5 aromatic carbocycles. The van der Waals surface area contributed by atoms with Crippen LogP contribution in [-0.4, -0.2) is 33.5 Å². The third-order valence-electron chi connectivity index (χ3n) is 9.92. The third-order valence-corrected chi connectivity index (χ3v) is 9.92. The molecule has 5 nitrogen and oxygen atoms in total. The highest BCUT2D eigenvalue weighted by Crippen LogP contribution is 2.37. The minimum atomic E-state index is 0.0113. The number of aryl methyl sites for hydroxylation is 3. The Hall–Kier alpha value is -4.74. The summed E-state index contributed by atoms with van der Waals surface area (Å²) in [5.41, 5.74) is 16.5. The predicted octanol–water partition coefficient (Wildman–Crippen LogP) is 9.12. The van der Waals surface area contributed by atoms with Gasteiger partial charge in [0.2, 0.25) is 0 Å². The summed E-state index contributed by atoms with van der Waals surface area (Å²) in [7, 11) is 6.91. The van der Waals surface area contributed by atoms with Crippen LogP contribution in [0.2, 0.25) is 0 Å². The average molecular weight is 659 g/mol. The third kappa shape index (κ3) is 7.79. The van der Waals surface area contributed by atoms with Crippen LogP contribution in [0, 0.1) is 34.6 Å². The van der Waals surface area contributed by atoms with Crippen molar-refractivity contribution in [2.75, 3.05) is 28.4 Å². The van der Waals surface area contributed by atoms with Crippen LogP contribution in [-0.2, 0) is 32.3 Å². The molecule has 1 N–H and O–H groups in total. The lowest BCUT2D eigenvalue weighted by Gasteiger charge is -2.22. The lowest BCUT2D eigenvalue weighted by molar-refractivity contribution is 0.280. The van der Waals surface area contributed by atoms with Crippen molar-refractivity contribution >= 4 is 0 Å². The van der Waals surface area contributed by atoms with Crippen LogP contribution in [0.25, 0.3) is 0 Å². The zero-order valence-corrected chi connectivity index (χ0v) is 30.5. The van der Waals surface area contributed by atoms with Gasteiger partial charge in [-0.15, -0.1) is 0 Å². The summed E-state index contributed by atoms with van der Waals surface area (Å²) >= 11 is 0. The maximum atomic E-state index is 10.4. The smallest absolute Gasteiger partial charge is 0.125 e. The fourth-order valence-corrected chi connectivity index (χ4v) is 7.23. The van der Waals surface area contributed by atoms with Crippen molar-refractivity contribution in [3.63, 3.8) is 0 Å². The first-order valence-electron chi connectivity index (χ1n) is 16.9. The van der Waals surface area contributed by atoms with Gasteiger partial charge in [0.25, 0.3) is 0 Å². The monoisotopic (exact) mass is 658 g/mol. The first-order chi connectivity index (χ1) is 23.6. The summed E-state index contributed by atoms with van der Waals surface area (Å²) in [5, 5.41) is 10.4. The molecular weight excluding hydrogens is 608 g/mol. The Morgan fingerprint density at radius 3 is 1.35 bits per heavy atom. The average Bonchev–Trinajstić information content (AvgIpc) is 3.09. The lowest BCUT2D eigenvalue weighted by Crippen LogP contribution is -2.08. The molecule has 0 fully saturated rings. The number of hydrogen-bond acceptors (Lipinski definition) is 5. The Balaban J connectivity index is 1.52. The number of benzene rings is 5. The van der Waals surface area contributed by atoms with Gasteiger partial charge >= 0.3 is 0 Å². The molecule has 0 saturated heterocycles. The predicted molar refractivity (Wildman–Crippen MR) is 199 cm³/mol. The Morgan fingerprint density at radius 1 is 0.449 bits per heavy atom. The van der Waals surface area contributed by atoms with E-state index in [9.17, 15) is 5.11 Å². The SMILES string of the molecule is COc1ccc(Cc2c(C)c(Cc3cc(C)cc(Cc4cc(C)c(OC)c(Cc5ccc(OC)cc5)c4C)c3OC)cc(C)c2CO)cc1. The van der Waals surface area contributed by atoms with Crippen LogP contribution >= 0.6 is 0 Å². The highest BCUT2D eigenvalue weighted by molar-refractivity contribution is 5.56. The molecule has 0 aromatic heterocycles. The Labute approximate surface area is 292 Å². The maximum Gasteiger partial charge on any atom is 0.125 e. The van der Waals surface area contributed by atoms with Gasteiger partial charge in [-0.05, 0) is 132 Å². The second-order valence-electron chi connectivity index (χ2n) is 13.1. The summed E-state index contributed by atoms with van der Waals surface area (Å²) in [6, 6.07) is 25.5. The molecule has 0 saturated carbocycles. The quantitative estimate of drug-likeness (QED) is 0.137. The van der Waals surface area contributed by atoms with E-state index in [-0.39, 0.29) is 6.61 Å². The number of hydrogen-bond donors (Lipinski definition) is 1. The highest BCUT2D eigenvalue weighted by Gasteiger charge is 2.20. The van der Waals surface area contributed by atoms with Gasteiger partial charge in [-0.2, -0.15) is 0 Å². The minimum absolute atomic E-state index is 0.0113. The van der Waals surface area contributed by atoms with E-state index in [0.717, 1.165) is 70.9 Å². The number of rotatable bonds is 13. The van der Waals surface area contributed by atoms with Crippen LogP contribution in [0.1, 0.15) is 77.9 Å². The van der Waals surface area contributed by atoms with Gasteiger partial charge in [0, 0.05) is 24.8 Å². The van der Waals surface area contributed by atoms with Crippen molar-refractivity contribution in [1.82, 2.24) is 0 Å². The molecule has 0 aliphatic carbocycles. The molecule has 0 bridgehead atoms. The largest absolute Gasteiger partial charge is 0.497 e. The zero-order valence-electron chi connectivity index (χ0n) is 30.5. The van der Waals surface area contributed by atoms with Crippen LogP contribution in [0.4, 0.5) is 0 Å². The van der Waals surface area contributed by atoms with E-state index < -0.39 is 0 Å². The van der Waals surface area contributed by atoms with E-state index in [2.05, 4.69) is 83.1 Å².